The van der Waals surface area contributed by atoms with Crippen LogP contribution in [0.4, 0.5) is 5.82 Å². The summed E-state index contributed by atoms with van der Waals surface area (Å²) in [5.74, 6) is 0.487. The van der Waals surface area contributed by atoms with Gasteiger partial charge in [0, 0.05) is 36.5 Å². The van der Waals surface area contributed by atoms with E-state index in [1.54, 1.807) is 41.0 Å². The summed E-state index contributed by atoms with van der Waals surface area (Å²) in [5.41, 5.74) is 6.37. The maximum Gasteiger partial charge on any atom is 0.251 e. The predicted octanol–water partition coefficient (Wildman–Crippen LogP) is 3.53. The number of phenolic OH excluding ortho intramolecular Hbond substituents is 1. The molecule has 1 unspecified atom stereocenters. The molecule has 5 rings (SSSR count). The third kappa shape index (κ3) is 5.60. The van der Waals surface area contributed by atoms with Crippen LogP contribution in [-0.4, -0.2) is 33.5 Å². The Balaban J connectivity index is 1.26. The molecule has 2 aromatic heterocycles. The Labute approximate surface area is 227 Å². The van der Waals surface area contributed by atoms with Gasteiger partial charge >= 0.3 is 0 Å². The molecule has 0 saturated heterocycles. The van der Waals surface area contributed by atoms with E-state index < -0.39 is 0 Å². The fourth-order valence-electron chi connectivity index (χ4n) is 4.30. The molecule has 0 fully saturated rings. The average molecular weight is 514 g/mol. The second-order valence-corrected chi connectivity index (χ2v) is 9.44. The minimum Gasteiger partial charge on any atom is -0.507 e. The lowest BCUT2D eigenvalue weighted by molar-refractivity contribution is 0.0951. The van der Waals surface area contributed by atoms with E-state index in [2.05, 4.69) is 21.8 Å². The van der Waals surface area contributed by atoms with Crippen molar-refractivity contribution in [2.24, 2.45) is 0 Å². The van der Waals surface area contributed by atoms with E-state index in [1.807, 2.05) is 63.3 Å². The summed E-state index contributed by atoms with van der Waals surface area (Å²) in [7, 11) is 1.95. The van der Waals surface area contributed by atoms with Crippen molar-refractivity contribution in [3.05, 3.63) is 107 Å². The first-order valence-corrected chi connectivity index (χ1v) is 12.7. The van der Waals surface area contributed by atoms with Crippen LogP contribution in [0.3, 0.4) is 0 Å². The highest BCUT2D eigenvalue weighted by Gasteiger charge is 2.13. The number of hydrogen-bond donors (Lipinski definition) is 3. The van der Waals surface area contributed by atoms with Crippen molar-refractivity contribution < 1.29 is 9.90 Å². The average Bonchev–Trinajstić information content (AvgIpc) is 3.35. The molecule has 0 aliphatic heterocycles. The third-order valence-electron chi connectivity index (χ3n) is 6.62. The minimum atomic E-state index is -0.267. The van der Waals surface area contributed by atoms with Crippen molar-refractivity contribution in [2.75, 3.05) is 5.32 Å². The number of aromatic nitrogens is 3. The van der Waals surface area contributed by atoms with Crippen molar-refractivity contribution in [2.45, 2.75) is 25.9 Å². The summed E-state index contributed by atoms with van der Waals surface area (Å²) in [6.45, 7) is 2.76. The molecule has 192 valence electrons. The van der Waals surface area contributed by atoms with E-state index in [0.717, 1.165) is 33.6 Å². The number of aromatic hydroxyl groups is 1. The first kappa shape index (κ1) is 25.6. The van der Waals surface area contributed by atoms with Gasteiger partial charge in [-0.2, -0.15) is 14.9 Å². The van der Waals surface area contributed by atoms with Crippen LogP contribution < -0.4 is 16.1 Å². The fourth-order valence-corrected chi connectivity index (χ4v) is 4.30. The highest BCUT2D eigenvalue weighted by Crippen LogP contribution is 2.29. The molecule has 3 aromatic carbocycles. The number of amides is 1. The van der Waals surface area contributed by atoms with Gasteiger partial charge in [0.2, 0.25) is 0 Å². The van der Waals surface area contributed by atoms with Crippen molar-refractivity contribution in [1.29, 1.82) is 5.26 Å². The highest BCUT2D eigenvalue weighted by molar-refractivity contribution is 6.36. The predicted molar refractivity (Wildman–Crippen MR) is 154 cm³/mol. The maximum absolute atomic E-state index is 12.6. The zero-order chi connectivity index (χ0) is 27.4. The van der Waals surface area contributed by atoms with Crippen molar-refractivity contribution in [3.8, 4) is 23.1 Å². The molecule has 9 heteroatoms. The summed E-state index contributed by atoms with van der Waals surface area (Å²) in [4.78, 5) is 17.4. The van der Waals surface area contributed by atoms with Crippen LogP contribution >= 0.6 is 0 Å². The molecule has 1 atom stereocenters. The van der Waals surface area contributed by atoms with Gasteiger partial charge in [-0.25, -0.2) is 4.98 Å². The quantitative estimate of drug-likeness (QED) is 0.273. The van der Waals surface area contributed by atoms with Gasteiger partial charge in [-0.05, 0) is 53.3 Å². The molecular weight excluding hydrogens is 487 g/mol. The minimum absolute atomic E-state index is 0.171. The van der Waals surface area contributed by atoms with Gasteiger partial charge < -0.3 is 15.7 Å². The van der Waals surface area contributed by atoms with E-state index in [4.69, 9.17) is 10.2 Å². The summed E-state index contributed by atoms with van der Waals surface area (Å²) in [5, 5.41) is 30.3. The number of para-hydroxylation sites is 1. The Morgan fingerprint density at radius 1 is 1.05 bits per heavy atom. The summed E-state index contributed by atoms with van der Waals surface area (Å²) < 4.78 is 1.76. The highest BCUT2D eigenvalue weighted by atomic mass is 16.3. The second-order valence-electron chi connectivity index (χ2n) is 9.44. The summed E-state index contributed by atoms with van der Waals surface area (Å²) >= 11 is 0. The number of nitrogens with one attached hydrogen (secondary N) is 2. The third-order valence-corrected chi connectivity index (χ3v) is 6.62. The second kappa shape index (κ2) is 11.1. The van der Waals surface area contributed by atoms with Crippen LogP contribution in [0.1, 0.15) is 39.9 Å². The largest absolute Gasteiger partial charge is 0.507 e. The molecule has 3 N–H and O–H groups in total. The van der Waals surface area contributed by atoms with Gasteiger partial charge in [0.05, 0.1) is 17.7 Å². The van der Waals surface area contributed by atoms with Gasteiger partial charge in [0.15, 0.2) is 5.65 Å². The molecule has 0 aliphatic rings. The Bertz CT molecular complexity index is 1690. The van der Waals surface area contributed by atoms with E-state index in [0.29, 0.717) is 29.9 Å². The van der Waals surface area contributed by atoms with Crippen LogP contribution in [0.25, 0.3) is 16.9 Å². The molecule has 0 saturated carbocycles. The number of carbonyl (C=O) groups excluding carboxylic acids is 1. The Kier molecular flexibility index (Phi) is 7.28. The number of rotatable bonds is 8. The fraction of sp³-hybridized carbons (Fsp3) is 0.133. The molecule has 0 spiro atoms. The molecule has 2 heterocycles. The van der Waals surface area contributed by atoms with Gasteiger partial charge in [-0.3, -0.25) is 4.79 Å². The van der Waals surface area contributed by atoms with E-state index in [1.165, 1.54) is 0 Å². The summed E-state index contributed by atoms with van der Waals surface area (Å²) in [6, 6.07) is 26.4. The van der Waals surface area contributed by atoms with Gasteiger partial charge in [-0.15, -0.1) is 0 Å². The number of carbonyl (C=O) groups is 1. The first-order chi connectivity index (χ1) is 18.9. The number of phenols is 1. The van der Waals surface area contributed by atoms with Crippen molar-refractivity contribution in [1.82, 2.24) is 19.9 Å². The molecule has 5 aromatic rings. The number of fused-ring (bicyclic) bond motifs is 1. The van der Waals surface area contributed by atoms with E-state index >= 15 is 0 Å². The Morgan fingerprint density at radius 2 is 1.79 bits per heavy atom. The van der Waals surface area contributed by atoms with Crippen LogP contribution in [0.5, 0.6) is 5.75 Å². The Hall–Kier alpha value is -5.10. The van der Waals surface area contributed by atoms with Gasteiger partial charge in [-0.1, -0.05) is 48.5 Å². The van der Waals surface area contributed by atoms with E-state index in [-0.39, 0.29) is 17.6 Å². The molecule has 39 heavy (non-hydrogen) atoms. The normalized spacial score (nSPS) is 11.6. The lowest BCUT2D eigenvalue weighted by Gasteiger charge is -2.12. The first-order valence-electron chi connectivity index (χ1n) is 12.7. The molecular formula is C30H27BN6O2. The van der Waals surface area contributed by atoms with Crippen LogP contribution in [0.2, 0.25) is 0 Å². The molecule has 1 amide bonds. The van der Waals surface area contributed by atoms with Crippen LogP contribution in [-0.2, 0) is 13.1 Å². The van der Waals surface area contributed by atoms with Crippen molar-refractivity contribution >= 4 is 30.7 Å². The lowest BCUT2D eigenvalue weighted by Crippen LogP contribution is -2.22. The smallest absolute Gasteiger partial charge is 0.251 e. The number of benzene rings is 3. The Morgan fingerprint density at radius 3 is 2.54 bits per heavy atom. The maximum atomic E-state index is 12.6. The van der Waals surface area contributed by atoms with Crippen LogP contribution in [0, 0.1) is 11.3 Å². The molecule has 8 nitrogen and oxygen atoms in total. The standard InChI is InChI=1S/C30H27BN6O2/c1-19(15-32)22-5-4-6-23(13-22)30(39)34-17-21-11-9-20(10-12-21)16-33-28-14-26(24-7-2-3-8-27(24)38)36-29-25(31)18-35-37(28)29/h2-14,18-19,33,38H,16-17,31H2,1H3,(H,34,39). The van der Waals surface area contributed by atoms with Crippen molar-refractivity contribution in [3.63, 3.8) is 0 Å². The molecule has 0 radical (unpaired) electrons. The zero-order valence-corrected chi connectivity index (χ0v) is 21.7. The number of nitriles is 1. The SMILES string of the molecule is Bc1cnn2c(NCc3ccc(CNC(=O)c4cccc(C(C)C#N)c4)cc3)cc(-c3ccccc3O)nc12. The van der Waals surface area contributed by atoms with Gasteiger partial charge in [0.25, 0.3) is 5.91 Å². The lowest BCUT2D eigenvalue weighted by atomic mass is 10.0. The monoisotopic (exact) mass is 514 g/mol. The molecule has 0 aliphatic carbocycles. The van der Waals surface area contributed by atoms with E-state index in [9.17, 15) is 9.90 Å². The summed E-state index contributed by atoms with van der Waals surface area (Å²) in [6.07, 6.45) is 1.77. The number of nitrogens with zero attached hydrogens (tertiary/aromatic N) is 4. The van der Waals surface area contributed by atoms with Crippen LogP contribution in [0.15, 0.2) is 85.1 Å². The number of anilines is 1. The number of hydrogen-bond acceptors (Lipinski definition) is 6. The molecule has 0 bridgehead atoms. The van der Waals surface area contributed by atoms with Gasteiger partial charge in [0.1, 0.15) is 19.4 Å². The topological polar surface area (TPSA) is 115 Å². The zero-order valence-electron chi connectivity index (χ0n) is 21.7.